The van der Waals surface area contributed by atoms with Crippen LogP contribution in [0.2, 0.25) is 0 Å². The number of aliphatic hydroxyl groups excluding tert-OH is 1. The van der Waals surface area contributed by atoms with E-state index in [9.17, 15) is 5.11 Å². The number of rotatable bonds is 10. The molecule has 1 heteroatoms. The first-order chi connectivity index (χ1) is 7.75. The Morgan fingerprint density at radius 2 is 1.56 bits per heavy atom. The molecule has 0 radical (unpaired) electrons. The van der Waals surface area contributed by atoms with Crippen LogP contribution in [0.5, 0.6) is 0 Å². The quantitative estimate of drug-likeness (QED) is 0.542. The average Bonchev–Trinajstić information content (AvgIpc) is 3.10. The molecule has 0 aromatic rings. The molecule has 2 unspecified atom stereocenters. The van der Waals surface area contributed by atoms with Crippen LogP contribution in [0.4, 0.5) is 0 Å². The Morgan fingerprint density at radius 3 is 2.12 bits per heavy atom. The van der Waals surface area contributed by atoms with Gasteiger partial charge in [0.2, 0.25) is 0 Å². The minimum absolute atomic E-state index is 0.0249. The molecule has 96 valence electrons. The molecule has 1 saturated carbocycles. The standard InChI is InChI=1S/C15H30O/c1-3-4-5-6-7-8-9-10-15(16)13(2)14-11-12-14/h13-16H,3-12H2,1-2H3. The minimum Gasteiger partial charge on any atom is -0.393 e. The van der Waals surface area contributed by atoms with Crippen molar-refractivity contribution in [1.29, 1.82) is 0 Å². The highest BCUT2D eigenvalue weighted by Crippen LogP contribution is 2.39. The van der Waals surface area contributed by atoms with Gasteiger partial charge in [-0.1, -0.05) is 58.8 Å². The highest BCUT2D eigenvalue weighted by molar-refractivity contribution is 4.82. The van der Waals surface area contributed by atoms with Crippen LogP contribution in [-0.4, -0.2) is 11.2 Å². The zero-order chi connectivity index (χ0) is 11.8. The summed E-state index contributed by atoms with van der Waals surface area (Å²) in [6.45, 7) is 4.49. The predicted octanol–water partition coefficient (Wildman–Crippen LogP) is 4.53. The third-order valence-corrected chi connectivity index (χ3v) is 4.08. The molecule has 0 spiro atoms. The molecule has 0 bridgehead atoms. The predicted molar refractivity (Wildman–Crippen MR) is 70.5 cm³/mol. The molecule has 0 aromatic heterocycles. The zero-order valence-electron chi connectivity index (χ0n) is 11.3. The van der Waals surface area contributed by atoms with Crippen molar-refractivity contribution in [3.63, 3.8) is 0 Å². The molecule has 16 heavy (non-hydrogen) atoms. The molecule has 0 saturated heterocycles. The topological polar surface area (TPSA) is 20.2 Å². The number of hydrogen-bond donors (Lipinski definition) is 1. The highest BCUT2D eigenvalue weighted by atomic mass is 16.3. The summed E-state index contributed by atoms with van der Waals surface area (Å²) in [5.74, 6) is 1.40. The fraction of sp³-hybridized carbons (Fsp3) is 1.00. The summed E-state index contributed by atoms with van der Waals surface area (Å²) in [4.78, 5) is 0. The molecule has 1 N–H and O–H groups in total. The van der Waals surface area contributed by atoms with Crippen LogP contribution >= 0.6 is 0 Å². The SMILES string of the molecule is CCCCCCCCCC(O)C(C)C1CC1. The largest absolute Gasteiger partial charge is 0.393 e. The molecular formula is C15H30O. The lowest BCUT2D eigenvalue weighted by atomic mass is 9.94. The van der Waals surface area contributed by atoms with Gasteiger partial charge >= 0.3 is 0 Å². The Bertz CT molecular complexity index is 163. The maximum absolute atomic E-state index is 9.97. The van der Waals surface area contributed by atoms with Gasteiger partial charge < -0.3 is 5.11 Å². The third kappa shape index (κ3) is 5.89. The Balaban J connectivity index is 1.86. The van der Waals surface area contributed by atoms with E-state index in [4.69, 9.17) is 0 Å². The second kappa shape index (κ2) is 8.11. The van der Waals surface area contributed by atoms with E-state index in [1.165, 1.54) is 57.8 Å². The molecule has 1 rings (SSSR count). The van der Waals surface area contributed by atoms with E-state index in [2.05, 4.69) is 13.8 Å². The fourth-order valence-corrected chi connectivity index (χ4v) is 2.51. The first-order valence-corrected chi connectivity index (χ1v) is 7.43. The van der Waals surface area contributed by atoms with Gasteiger partial charge in [0.05, 0.1) is 6.10 Å². The molecule has 0 amide bonds. The maximum atomic E-state index is 9.97. The second-order valence-electron chi connectivity index (χ2n) is 5.67. The lowest BCUT2D eigenvalue weighted by Crippen LogP contribution is -2.19. The third-order valence-electron chi connectivity index (χ3n) is 4.08. The van der Waals surface area contributed by atoms with Gasteiger partial charge in [0.1, 0.15) is 0 Å². The van der Waals surface area contributed by atoms with Crippen molar-refractivity contribution >= 4 is 0 Å². The van der Waals surface area contributed by atoms with E-state index in [0.29, 0.717) is 5.92 Å². The highest BCUT2D eigenvalue weighted by Gasteiger charge is 2.31. The maximum Gasteiger partial charge on any atom is 0.0568 e. The Hall–Kier alpha value is -0.0400. The number of aliphatic hydroxyl groups is 1. The summed E-state index contributed by atoms with van der Waals surface area (Å²) in [5.41, 5.74) is 0. The van der Waals surface area contributed by atoms with Gasteiger partial charge in [-0.3, -0.25) is 0 Å². The summed E-state index contributed by atoms with van der Waals surface area (Å²) in [6.07, 6.45) is 13.1. The van der Waals surface area contributed by atoms with Gasteiger partial charge in [-0.2, -0.15) is 0 Å². The molecule has 1 aliphatic rings. The van der Waals surface area contributed by atoms with Gasteiger partial charge in [0.25, 0.3) is 0 Å². The molecule has 0 aromatic carbocycles. The van der Waals surface area contributed by atoms with Crippen molar-refractivity contribution < 1.29 is 5.11 Å². The van der Waals surface area contributed by atoms with E-state index in [1.807, 2.05) is 0 Å². The van der Waals surface area contributed by atoms with Crippen molar-refractivity contribution in [2.75, 3.05) is 0 Å². The molecule has 1 aliphatic carbocycles. The van der Waals surface area contributed by atoms with Crippen LogP contribution in [-0.2, 0) is 0 Å². The number of hydrogen-bond acceptors (Lipinski definition) is 1. The van der Waals surface area contributed by atoms with Gasteiger partial charge in [0, 0.05) is 0 Å². The first kappa shape index (κ1) is 14.0. The van der Waals surface area contributed by atoms with Gasteiger partial charge in [-0.05, 0) is 31.1 Å². The van der Waals surface area contributed by atoms with Crippen LogP contribution in [0.1, 0.15) is 78.1 Å². The first-order valence-electron chi connectivity index (χ1n) is 7.43. The second-order valence-corrected chi connectivity index (χ2v) is 5.67. The van der Waals surface area contributed by atoms with Crippen LogP contribution < -0.4 is 0 Å². The molecule has 0 aliphatic heterocycles. The normalized spacial score (nSPS) is 19.7. The smallest absolute Gasteiger partial charge is 0.0568 e. The molecule has 1 nitrogen and oxygen atoms in total. The van der Waals surface area contributed by atoms with Crippen molar-refractivity contribution in [3.8, 4) is 0 Å². The number of unbranched alkanes of at least 4 members (excludes halogenated alkanes) is 6. The Morgan fingerprint density at radius 1 is 1.00 bits per heavy atom. The monoisotopic (exact) mass is 226 g/mol. The molecule has 2 atom stereocenters. The lowest BCUT2D eigenvalue weighted by molar-refractivity contribution is 0.0936. The van der Waals surface area contributed by atoms with Crippen molar-refractivity contribution in [2.24, 2.45) is 11.8 Å². The Labute approximate surface area is 102 Å². The van der Waals surface area contributed by atoms with E-state index < -0.39 is 0 Å². The summed E-state index contributed by atoms with van der Waals surface area (Å²) < 4.78 is 0. The molecule has 0 heterocycles. The van der Waals surface area contributed by atoms with E-state index >= 15 is 0 Å². The van der Waals surface area contributed by atoms with Crippen molar-refractivity contribution in [3.05, 3.63) is 0 Å². The summed E-state index contributed by atoms with van der Waals surface area (Å²) in [6, 6.07) is 0. The average molecular weight is 226 g/mol. The van der Waals surface area contributed by atoms with E-state index in [0.717, 1.165) is 12.3 Å². The van der Waals surface area contributed by atoms with E-state index in [-0.39, 0.29) is 6.10 Å². The van der Waals surface area contributed by atoms with Crippen molar-refractivity contribution in [1.82, 2.24) is 0 Å². The summed E-state index contributed by atoms with van der Waals surface area (Å²) >= 11 is 0. The van der Waals surface area contributed by atoms with Crippen LogP contribution in [0.25, 0.3) is 0 Å². The molecular weight excluding hydrogens is 196 g/mol. The van der Waals surface area contributed by atoms with Crippen LogP contribution in [0.15, 0.2) is 0 Å². The van der Waals surface area contributed by atoms with Gasteiger partial charge in [-0.25, -0.2) is 0 Å². The fourth-order valence-electron chi connectivity index (χ4n) is 2.51. The summed E-state index contributed by atoms with van der Waals surface area (Å²) in [7, 11) is 0. The summed E-state index contributed by atoms with van der Waals surface area (Å²) in [5, 5.41) is 9.97. The van der Waals surface area contributed by atoms with Gasteiger partial charge in [0.15, 0.2) is 0 Å². The van der Waals surface area contributed by atoms with E-state index in [1.54, 1.807) is 0 Å². The van der Waals surface area contributed by atoms with Crippen LogP contribution in [0, 0.1) is 11.8 Å². The van der Waals surface area contributed by atoms with Gasteiger partial charge in [-0.15, -0.1) is 0 Å². The Kier molecular flexibility index (Phi) is 7.11. The van der Waals surface area contributed by atoms with Crippen molar-refractivity contribution in [2.45, 2.75) is 84.2 Å². The lowest BCUT2D eigenvalue weighted by Gasteiger charge is -2.17. The van der Waals surface area contributed by atoms with Crippen LogP contribution in [0.3, 0.4) is 0 Å². The minimum atomic E-state index is -0.0249. The zero-order valence-corrected chi connectivity index (χ0v) is 11.3. The molecule has 1 fully saturated rings.